The molecule has 0 bridgehead atoms. The molecule has 0 saturated heterocycles. The number of amides is 2. The smallest absolute Gasteiger partial charge is 0.262 e. The van der Waals surface area contributed by atoms with Gasteiger partial charge in [0.15, 0.2) is 0 Å². The van der Waals surface area contributed by atoms with E-state index in [2.05, 4.69) is 5.10 Å². The molecule has 33 heavy (non-hydrogen) atoms. The molecule has 0 N–H and O–H groups in total. The van der Waals surface area contributed by atoms with E-state index in [0.29, 0.717) is 22.7 Å². The van der Waals surface area contributed by atoms with Crippen molar-refractivity contribution in [3.05, 3.63) is 106 Å². The van der Waals surface area contributed by atoms with Crippen LogP contribution in [0, 0.1) is 11.6 Å². The van der Waals surface area contributed by atoms with Crippen LogP contribution in [0.3, 0.4) is 0 Å². The van der Waals surface area contributed by atoms with Gasteiger partial charge in [0.05, 0.1) is 11.8 Å². The number of likely N-dealkylation sites (N-methyl/N-ethyl adjacent to an activating group) is 1. The Hall–Kier alpha value is -3.58. The van der Waals surface area contributed by atoms with Crippen LogP contribution in [0.1, 0.15) is 33.9 Å². The van der Waals surface area contributed by atoms with E-state index in [0.717, 1.165) is 11.6 Å². The van der Waals surface area contributed by atoms with Crippen molar-refractivity contribution in [3.63, 3.8) is 0 Å². The predicted octanol–water partition coefficient (Wildman–Crippen LogP) is 5.07. The predicted molar refractivity (Wildman–Crippen MR) is 122 cm³/mol. The van der Waals surface area contributed by atoms with Gasteiger partial charge in [-0.05, 0) is 42.0 Å². The van der Waals surface area contributed by atoms with E-state index in [9.17, 15) is 18.4 Å². The second-order valence-electron chi connectivity index (χ2n) is 7.71. The largest absolute Gasteiger partial charge is 0.332 e. The molecule has 1 heterocycles. The second kappa shape index (κ2) is 9.50. The SMILES string of the molecule is CN(CC(=O)N1N=C(c2ccccc2F)C[C@@H]1c1ccc(Cl)cc1)C(=O)c1cccc(F)c1. The third-order valence-corrected chi connectivity index (χ3v) is 5.65. The van der Waals surface area contributed by atoms with E-state index < -0.39 is 29.5 Å². The number of hydrazone groups is 1. The highest BCUT2D eigenvalue weighted by Gasteiger charge is 2.34. The number of hydrogen-bond acceptors (Lipinski definition) is 3. The summed E-state index contributed by atoms with van der Waals surface area (Å²) in [6, 6.07) is 18.0. The summed E-state index contributed by atoms with van der Waals surface area (Å²) in [4.78, 5) is 27.1. The van der Waals surface area contributed by atoms with Gasteiger partial charge in [0, 0.05) is 29.6 Å². The Balaban J connectivity index is 1.60. The van der Waals surface area contributed by atoms with Gasteiger partial charge in [0.25, 0.3) is 11.8 Å². The van der Waals surface area contributed by atoms with Crippen molar-refractivity contribution in [3.8, 4) is 0 Å². The van der Waals surface area contributed by atoms with Gasteiger partial charge in [-0.15, -0.1) is 0 Å². The van der Waals surface area contributed by atoms with E-state index in [4.69, 9.17) is 11.6 Å². The molecule has 0 fully saturated rings. The van der Waals surface area contributed by atoms with E-state index in [1.165, 1.54) is 41.2 Å². The highest BCUT2D eigenvalue weighted by atomic mass is 35.5. The van der Waals surface area contributed by atoms with Crippen molar-refractivity contribution in [1.29, 1.82) is 0 Å². The molecule has 0 unspecified atom stereocenters. The number of rotatable bonds is 5. The van der Waals surface area contributed by atoms with Crippen LogP contribution >= 0.6 is 11.6 Å². The van der Waals surface area contributed by atoms with Crippen molar-refractivity contribution >= 4 is 29.1 Å². The lowest BCUT2D eigenvalue weighted by atomic mass is 9.98. The standard InChI is InChI=1S/C25H20ClF2N3O2/c1-30(25(33)17-5-4-6-19(27)13-17)15-24(32)31-23(16-9-11-18(26)12-10-16)14-22(29-31)20-7-2-3-8-21(20)28/h2-13,23H,14-15H2,1H3/t23-/m1/s1. The maximum absolute atomic E-state index is 14.4. The zero-order valence-electron chi connectivity index (χ0n) is 17.7. The minimum absolute atomic E-state index is 0.136. The van der Waals surface area contributed by atoms with Gasteiger partial charge < -0.3 is 4.90 Å². The third kappa shape index (κ3) is 4.93. The molecule has 1 atom stereocenters. The number of nitrogens with zero attached hydrogens (tertiary/aromatic N) is 3. The molecule has 1 aliphatic rings. The van der Waals surface area contributed by atoms with Crippen LogP contribution in [-0.2, 0) is 4.79 Å². The van der Waals surface area contributed by atoms with Crippen molar-refractivity contribution in [1.82, 2.24) is 9.91 Å². The number of carbonyl (C=O) groups is 2. The molecule has 0 aromatic heterocycles. The van der Waals surface area contributed by atoms with E-state index >= 15 is 0 Å². The summed E-state index contributed by atoms with van der Waals surface area (Å²) in [5.41, 5.74) is 1.66. The van der Waals surface area contributed by atoms with Gasteiger partial charge in [-0.3, -0.25) is 9.59 Å². The zero-order valence-corrected chi connectivity index (χ0v) is 18.5. The first-order valence-corrected chi connectivity index (χ1v) is 10.6. The molecule has 0 aliphatic carbocycles. The Kier molecular flexibility index (Phi) is 6.51. The molecule has 168 valence electrons. The fourth-order valence-electron chi connectivity index (χ4n) is 3.73. The van der Waals surface area contributed by atoms with E-state index in [-0.39, 0.29) is 12.1 Å². The van der Waals surface area contributed by atoms with Crippen molar-refractivity contribution in [2.45, 2.75) is 12.5 Å². The molecule has 5 nitrogen and oxygen atoms in total. The fourth-order valence-corrected chi connectivity index (χ4v) is 3.86. The first-order chi connectivity index (χ1) is 15.8. The molecule has 4 rings (SSSR count). The molecular formula is C25H20ClF2N3O2. The number of hydrogen-bond donors (Lipinski definition) is 0. The van der Waals surface area contributed by atoms with Gasteiger partial charge in [-0.1, -0.05) is 48.0 Å². The Morgan fingerprint density at radius 2 is 1.79 bits per heavy atom. The van der Waals surface area contributed by atoms with Gasteiger partial charge in [-0.25, -0.2) is 13.8 Å². The van der Waals surface area contributed by atoms with E-state index in [1.54, 1.807) is 42.5 Å². The first-order valence-electron chi connectivity index (χ1n) is 10.2. The fraction of sp³-hybridized carbons (Fsp3) is 0.160. The normalized spacial score (nSPS) is 15.3. The highest BCUT2D eigenvalue weighted by molar-refractivity contribution is 6.30. The van der Waals surface area contributed by atoms with Crippen LogP contribution < -0.4 is 0 Å². The molecule has 8 heteroatoms. The summed E-state index contributed by atoms with van der Waals surface area (Å²) < 4.78 is 27.9. The van der Waals surface area contributed by atoms with Crippen LogP contribution in [-0.4, -0.2) is 41.0 Å². The maximum atomic E-state index is 14.4. The van der Waals surface area contributed by atoms with Crippen LogP contribution in [0.4, 0.5) is 8.78 Å². The number of carbonyl (C=O) groups excluding carboxylic acids is 2. The van der Waals surface area contributed by atoms with Gasteiger partial charge in [0.1, 0.15) is 18.2 Å². The van der Waals surface area contributed by atoms with Gasteiger partial charge in [-0.2, -0.15) is 5.10 Å². The van der Waals surface area contributed by atoms with Crippen molar-refractivity contribution in [2.75, 3.05) is 13.6 Å². The summed E-state index contributed by atoms with van der Waals surface area (Å²) in [5, 5.41) is 6.25. The third-order valence-electron chi connectivity index (χ3n) is 5.40. The summed E-state index contributed by atoms with van der Waals surface area (Å²) >= 11 is 6.01. The van der Waals surface area contributed by atoms with Crippen LogP contribution in [0.25, 0.3) is 0 Å². The molecule has 0 spiro atoms. The average molecular weight is 468 g/mol. The van der Waals surface area contributed by atoms with Gasteiger partial charge in [0.2, 0.25) is 0 Å². The summed E-state index contributed by atoms with van der Waals surface area (Å²) in [7, 11) is 1.46. The summed E-state index contributed by atoms with van der Waals surface area (Å²) in [6.07, 6.45) is 0.301. The minimum atomic E-state index is -0.540. The lowest BCUT2D eigenvalue weighted by molar-refractivity contribution is -0.133. The molecule has 0 radical (unpaired) electrons. The second-order valence-corrected chi connectivity index (χ2v) is 8.14. The molecule has 0 saturated carbocycles. The molecule has 3 aromatic rings. The Morgan fingerprint density at radius 1 is 1.06 bits per heavy atom. The lowest BCUT2D eigenvalue weighted by Gasteiger charge is -2.25. The van der Waals surface area contributed by atoms with Crippen LogP contribution in [0.5, 0.6) is 0 Å². The molecular weight excluding hydrogens is 448 g/mol. The molecule has 1 aliphatic heterocycles. The molecule has 2 amide bonds. The zero-order chi connectivity index (χ0) is 23.5. The first kappa shape index (κ1) is 22.6. The number of halogens is 3. The topological polar surface area (TPSA) is 53.0 Å². The number of benzene rings is 3. The Labute approximate surface area is 194 Å². The average Bonchev–Trinajstić information content (AvgIpc) is 3.24. The highest BCUT2D eigenvalue weighted by Crippen LogP contribution is 2.34. The van der Waals surface area contributed by atoms with E-state index in [1.807, 2.05) is 0 Å². The van der Waals surface area contributed by atoms with Crippen LogP contribution in [0.2, 0.25) is 5.02 Å². The Morgan fingerprint density at radius 3 is 2.48 bits per heavy atom. The van der Waals surface area contributed by atoms with Gasteiger partial charge >= 0.3 is 0 Å². The molecule has 3 aromatic carbocycles. The minimum Gasteiger partial charge on any atom is -0.332 e. The van der Waals surface area contributed by atoms with Crippen molar-refractivity contribution < 1.29 is 18.4 Å². The lowest BCUT2D eigenvalue weighted by Crippen LogP contribution is -2.39. The summed E-state index contributed by atoms with van der Waals surface area (Å²) in [6.45, 7) is -0.284. The summed E-state index contributed by atoms with van der Waals surface area (Å²) in [5.74, 6) is -1.92. The Bertz CT molecular complexity index is 1230. The quantitative estimate of drug-likeness (QED) is 0.526. The maximum Gasteiger partial charge on any atom is 0.262 e. The van der Waals surface area contributed by atoms with Crippen LogP contribution in [0.15, 0.2) is 77.9 Å². The van der Waals surface area contributed by atoms with Crippen molar-refractivity contribution in [2.24, 2.45) is 5.10 Å². The monoisotopic (exact) mass is 467 g/mol.